The molecule has 0 bridgehead atoms. The van der Waals surface area contributed by atoms with E-state index in [1.54, 1.807) is 17.8 Å². The lowest BCUT2D eigenvalue weighted by Gasteiger charge is -2.12. The average molecular weight is 399 g/mol. The second kappa shape index (κ2) is 8.89. The van der Waals surface area contributed by atoms with Crippen molar-refractivity contribution in [1.82, 2.24) is 0 Å². The minimum Gasteiger partial charge on any atom is -0.504 e. The monoisotopic (exact) mass is 398 g/mol. The van der Waals surface area contributed by atoms with Crippen LogP contribution in [0.5, 0.6) is 11.5 Å². The average Bonchev–Trinajstić information content (AvgIpc) is 2.76. The van der Waals surface area contributed by atoms with Gasteiger partial charge >= 0.3 is 0 Å². The van der Waals surface area contributed by atoms with Crippen LogP contribution in [0.15, 0.2) is 107 Å². The molecule has 0 unspecified atom stereocenters. The van der Waals surface area contributed by atoms with Gasteiger partial charge in [-0.05, 0) is 65.9 Å². The molecule has 144 valence electrons. The minimum atomic E-state index is -0.0772. The molecule has 4 aromatic carbocycles. The summed E-state index contributed by atoms with van der Waals surface area (Å²) in [6, 6.07) is 32.1. The van der Waals surface area contributed by atoms with E-state index in [2.05, 4.69) is 30.3 Å². The van der Waals surface area contributed by atoms with Gasteiger partial charge in [0.1, 0.15) is 0 Å². The summed E-state index contributed by atoms with van der Waals surface area (Å²) in [6.45, 7) is 0. The van der Waals surface area contributed by atoms with E-state index in [-0.39, 0.29) is 11.5 Å². The number of hydrogen-bond donors (Lipinski definition) is 2. The van der Waals surface area contributed by atoms with Gasteiger partial charge < -0.3 is 10.2 Å². The van der Waals surface area contributed by atoms with Gasteiger partial charge in [-0.2, -0.15) is 0 Å². The normalized spacial score (nSPS) is 10.8. The van der Waals surface area contributed by atoms with Crippen LogP contribution in [0.1, 0.15) is 11.1 Å². The van der Waals surface area contributed by atoms with E-state index >= 15 is 0 Å². The van der Waals surface area contributed by atoms with Gasteiger partial charge in [0.25, 0.3) is 0 Å². The van der Waals surface area contributed by atoms with Crippen molar-refractivity contribution in [3.8, 4) is 22.6 Å². The molecule has 0 heterocycles. The molecule has 2 N–H and O–H groups in total. The number of aryl methyl sites for hydroxylation is 2. The number of aromatic hydroxyl groups is 2. The second-order valence-electron chi connectivity index (χ2n) is 6.94. The smallest absolute Gasteiger partial charge is 0.165 e. The molecule has 0 aliphatic heterocycles. The molecule has 0 aliphatic carbocycles. The highest BCUT2D eigenvalue weighted by molar-refractivity contribution is 7.99. The lowest BCUT2D eigenvalue weighted by atomic mass is 9.98. The number of rotatable bonds is 6. The molecule has 0 saturated heterocycles. The third kappa shape index (κ3) is 4.82. The Bertz CT molecular complexity index is 1090. The molecule has 4 rings (SSSR count). The Kier molecular flexibility index (Phi) is 5.87. The molecule has 3 heteroatoms. The summed E-state index contributed by atoms with van der Waals surface area (Å²) in [5, 5.41) is 20.8. The zero-order valence-corrected chi connectivity index (χ0v) is 16.8. The first-order valence-corrected chi connectivity index (χ1v) is 10.4. The van der Waals surface area contributed by atoms with E-state index in [0.29, 0.717) is 5.56 Å². The molecule has 2 nitrogen and oxygen atoms in total. The Morgan fingerprint density at radius 3 is 2.00 bits per heavy atom. The topological polar surface area (TPSA) is 40.5 Å². The maximum atomic E-state index is 10.5. The Labute approximate surface area is 175 Å². The molecule has 0 radical (unpaired) electrons. The standard InChI is InChI=1S/C26H22O2S/c27-25-17-20(15-14-19-8-3-1-4-9-19)16-24(26(25)28)21-10-7-13-23(18-21)29-22-11-5-2-6-12-22/h1-13,16-18,27-28H,14-15H2. The fraction of sp³-hybridized carbons (Fsp3) is 0.0769. The molecule has 0 aromatic heterocycles. The van der Waals surface area contributed by atoms with Crippen molar-refractivity contribution in [2.24, 2.45) is 0 Å². The predicted molar refractivity (Wildman–Crippen MR) is 120 cm³/mol. The second-order valence-corrected chi connectivity index (χ2v) is 8.09. The Morgan fingerprint density at radius 1 is 0.586 bits per heavy atom. The zero-order chi connectivity index (χ0) is 20.1. The summed E-state index contributed by atoms with van der Waals surface area (Å²) in [5.41, 5.74) is 3.80. The lowest BCUT2D eigenvalue weighted by molar-refractivity contribution is 0.404. The molecule has 0 amide bonds. The largest absolute Gasteiger partial charge is 0.504 e. The Balaban J connectivity index is 1.60. The number of hydrogen-bond acceptors (Lipinski definition) is 3. The molecule has 0 aliphatic rings. The van der Waals surface area contributed by atoms with Crippen molar-refractivity contribution < 1.29 is 10.2 Å². The zero-order valence-electron chi connectivity index (χ0n) is 16.0. The van der Waals surface area contributed by atoms with E-state index in [0.717, 1.165) is 33.8 Å². The van der Waals surface area contributed by atoms with Crippen LogP contribution in [0.2, 0.25) is 0 Å². The summed E-state index contributed by atoms with van der Waals surface area (Å²) in [6.07, 6.45) is 1.68. The van der Waals surface area contributed by atoms with E-state index < -0.39 is 0 Å². The summed E-state index contributed by atoms with van der Waals surface area (Å²) in [7, 11) is 0. The molecular weight excluding hydrogens is 376 g/mol. The minimum absolute atomic E-state index is 0.0738. The molecule has 4 aromatic rings. The number of phenolic OH excluding ortho intramolecular Hbond substituents is 2. The van der Waals surface area contributed by atoms with Crippen LogP contribution in [0, 0.1) is 0 Å². The third-order valence-electron chi connectivity index (χ3n) is 4.82. The van der Waals surface area contributed by atoms with Gasteiger partial charge in [0.05, 0.1) is 0 Å². The highest BCUT2D eigenvalue weighted by Crippen LogP contribution is 2.39. The fourth-order valence-electron chi connectivity index (χ4n) is 3.33. The van der Waals surface area contributed by atoms with Crippen molar-refractivity contribution in [2.45, 2.75) is 22.6 Å². The first-order chi connectivity index (χ1) is 14.2. The quantitative estimate of drug-likeness (QED) is 0.355. The summed E-state index contributed by atoms with van der Waals surface area (Å²) >= 11 is 1.67. The highest BCUT2D eigenvalue weighted by atomic mass is 32.2. The summed E-state index contributed by atoms with van der Waals surface area (Å²) < 4.78 is 0. The van der Waals surface area contributed by atoms with Gasteiger partial charge in [-0.25, -0.2) is 0 Å². The maximum Gasteiger partial charge on any atom is 0.165 e. The van der Waals surface area contributed by atoms with E-state index in [1.165, 1.54) is 5.56 Å². The van der Waals surface area contributed by atoms with Gasteiger partial charge in [0, 0.05) is 15.4 Å². The Hall–Kier alpha value is -3.17. The van der Waals surface area contributed by atoms with Crippen molar-refractivity contribution in [1.29, 1.82) is 0 Å². The van der Waals surface area contributed by atoms with Gasteiger partial charge in [0.2, 0.25) is 0 Å². The summed E-state index contributed by atoms with van der Waals surface area (Å²) in [4.78, 5) is 2.25. The molecule has 0 atom stereocenters. The Morgan fingerprint density at radius 2 is 1.24 bits per heavy atom. The molecule has 0 spiro atoms. The van der Waals surface area contributed by atoms with Crippen molar-refractivity contribution in [2.75, 3.05) is 0 Å². The van der Waals surface area contributed by atoms with Crippen LogP contribution in [-0.2, 0) is 12.8 Å². The third-order valence-corrected chi connectivity index (χ3v) is 5.82. The number of phenols is 2. The van der Waals surface area contributed by atoms with E-state index in [9.17, 15) is 10.2 Å². The van der Waals surface area contributed by atoms with Crippen molar-refractivity contribution >= 4 is 11.8 Å². The first-order valence-electron chi connectivity index (χ1n) is 9.61. The molecule has 0 saturated carbocycles. The summed E-state index contributed by atoms with van der Waals surface area (Å²) in [5.74, 6) is -0.151. The first kappa shape index (κ1) is 19.2. The number of benzene rings is 4. The SMILES string of the molecule is Oc1cc(CCc2ccccc2)cc(-c2cccc(Sc3ccccc3)c2)c1O. The van der Waals surface area contributed by atoms with Crippen molar-refractivity contribution in [3.63, 3.8) is 0 Å². The molecule has 0 fully saturated rings. The van der Waals surface area contributed by atoms with Gasteiger partial charge in [0.15, 0.2) is 11.5 Å². The van der Waals surface area contributed by atoms with Gasteiger partial charge in [-0.1, -0.05) is 72.4 Å². The maximum absolute atomic E-state index is 10.5. The predicted octanol–water partition coefficient (Wildman–Crippen LogP) is 6.70. The van der Waals surface area contributed by atoms with Crippen molar-refractivity contribution in [3.05, 3.63) is 108 Å². The molecule has 29 heavy (non-hydrogen) atoms. The van der Waals surface area contributed by atoms with Crippen LogP contribution in [0.3, 0.4) is 0 Å². The van der Waals surface area contributed by atoms with Gasteiger partial charge in [-0.3, -0.25) is 0 Å². The molecular formula is C26H22O2S. The van der Waals surface area contributed by atoms with Crippen LogP contribution in [0.25, 0.3) is 11.1 Å². The highest BCUT2D eigenvalue weighted by Gasteiger charge is 2.12. The van der Waals surface area contributed by atoms with Crippen LogP contribution < -0.4 is 0 Å². The van der Waals surface area contributed by atoms with Crippen LogP contribution in [-0.4, -0.2) is 10.2 Å². The van der Waals surface area contributed by atoms with Crippen LogP contribution in [0.4, 0.5) is 0 Å². The lowest BCUT2D eigenvalue weighted by Crippen LogP contribution is -1.92. The van der Waals surface area contributed by atoms with Crippen LogP contribution >= 0.6 is 11.8 Å². The fourth-order valence-corrected chi connectivity index (χ4v) is 4.22. The van der Waals surface area contributed by atoms with E-state index in [1.807, 2.05) is 60.7 Å². The van der Waals surface area contributed by atoms with Gasteiger partial charge in [-0.15, -0.1) is 0 Å². The van der Waals surface area contributed by atoms with E-state index in [4.69, 9.17) is 0 Å².